The minimum atomic E-state index is 0.651. The van der Waals surface area contributed by atoms with E-state index in [9.17, 15) is 0 Å². The van der Waals surface area contributed by atoms with Crippen LogP contribution in [0.1, 0.15) is 46.5 Å². The van der Waals surface area contributed by atoms with Crippen LogP contribution < -0.4 is 5.32 Å². The summed E-state index contributed by atoms with van der Waals surface area (Å²) in [5.41, 5.74) is 0. The number of methoxy groups -OCH3 is 1. The number of rotatable bonds is 8. The largest absolute Gasteiger partial charge is 0.383 e. The van der Waals surface area contributed by atoms with Crippen LogP contribution in [0.25, 0.3) is 0 Å². The van der Waals surface area contributed by atoms with Gasteiger partial charge in [0.25, 0.3) is 0 Å². The molecule has 1 aliphatic heterocycles. The molecule has 18 heavy (non-hydrogen) atoms. The van der Waals surface area contributed by atoms with Gasteiger partial charge in [-0.05, 0) is 38.6 Å². The van der Waals surface area contributed by atoms with Crippen LogP contribution in [0.3, 0.4) is 0 Å². The Balaban J connectivity index is 2.38. The molecule has 108 valence electrons. The maximum absolute atomic E-state index is 5.24. The van der Waals surface area contributed by atoms with Crippen LogP contribution in [0.2, 0.25) is 0 Å². The van der Waals surface area contributed by atoms with Gasteiger partial charge >= 0.3 is 0 Å². The molecule has 1 saturated heterocycles. The van der Waals surface area contributed by atoms with E-state index in [0.717, 1.165) is 25.1 Å². The molecule has 1 heterocycles. The second-order valence-electron chi connectivity index (χ2n) is 6.11. The Kier molecular flexibility index (Phi) is 7.87. The lowest BCUT2D eigenvalue weighted by atomic mass is 9.97. The minimum Gasteiger partial charge on any atom is -0.383 e. The molecule has 0 aromatic carbocycles. The van der Waals surface area contributed by atoms with Crippen LogP contribution in [-0.2, 0) is 4.74 Å². The van der Waals surface area contributed by atoms with Gasteiger partial charge in [-0.25, -0.2) is 0 Å². The molecule has 3 heteroatoms. The van der Waals surface area contributed by atoms with E-state index >= 15 is 0 Å². The lowest BCUT2D eigenvalue weighted by molar-refractivity contribution is 0.105. The van der Waals surface area contributed by atoms with Crippen LogP contribution in [-0.4, -0.2) is 50.3 Å². The van der Waals surface area contributed by atoms with Crippen molar-refractivity contribution in [1.29, 1.82) is 0 Å². The zero-order valence-electron chi connectivity index (χ0n) is 12.7. The molecule has 0 saturated carbocycles. The van der Waals surface area contributed by atoms with Crippen LogP contribution in [0.5, 0.6) is 0 Å². The van der Waals surface area contributed by atoms with Crippen molar-refractivity contribution < 1.29 is 4.74 Å². The fourth-order valence-electron chi connectivity index (χ4n) is 2.86. The standard InChI is InChI=1S/C15H32N2O/c1-13(2)12-17(9-10-18-4)14(3)11-15-7-5-6-8-16-15/h13-16H,5-12H2,1-4H3. The predicted molar refractivity (Wildman–Crippen MR) is 78.0 cm³/mol. The Bertz CT molecular complexity index is 203. The van der Waals surface area contributed by atoms with Gasteiger partial charge in [0.05, 0.1) is 6.61 Å². The summed E-state index contributed by atoms with van der Waals surface area (Å²) in [4.78, 5) is 2.59. The fourth-order valence-corrected chi connectivity index (χ4v) is 2.86. The summed E-state index contributed by atoms with van der Waals surface area (Å²) in [5, 5.41) is 3.66. The third kappa shape index (κ3) is 6.17. The lowest BCUT2D eigenvalue weighted by Crippen LogP contribution is -2.44. The van der Waals surface area contributed by atoms with E-state index < -0.39 is 0 Å². The quantitative estimate of drug-likeness (QED) is 0.722. The lowest BCUT2D eigenvalue weighted by Gasteiger charge is -2.34. The minimum absolute atomic E-state index is 0.651. The monoisotopic (exact) mass is 256 g/mol. The molecule has 1 fully saturated rings. The van der Waals surface area contributed by atoms with Crippen molar-refractivity contribution in [3.8, 4) is 0 Å². The van der Waals surface area contributed by atoms with Crippen LogP contribution >= 0.6 is 0 Å². The van der Waals surface area contributed by atoms with E-state index in [2.05, 4.69) is 31.0 Å². The summed E-state index contributed by atoms with van der Waals surface area (Å²) in [7, 11) is 1.79. The highest BCUT2D eigenvalue weighted by atomic mass is 16.5. The normalized spacial score (nSPS) is 22.7. The average molecular weight is 256 g/mol. The molecule has 0 amide bonds. The third-order valence-electron chi connectivity index (χ3n) is 3.84. The summed E-state index contributed by atoms with van der Waals surface area (Å²) < 4.78 is 5.24. The van der Waals surface area contributed by atoms with Crippen molar-refractivity contribution in [3.63, 3.8) is 0 Å². The first kappa shape index (κ1) is 15.9. The first-order valence-electron chi connectivity index (χ1n) is 7.59. The molecule has 1 rings (SSSR count). The van der Waals surface area contributed by atoms with Gasteiger partial charge in [-0.15, -0.1) is 0 Å². The maximum Gasteiger partial charge on any atom is 0.0589 e. The van der Waals surface area contributed by atoms with Crippen molar-refractivity contribution in [2.45, 2.75) is 58.5 Å². The van der Waals surface area contributed by atoms with Crippen molar-refractivity contribution >= 4 is 0 Å². The fraction of sp³-hybridized carbons (Fsp3) is 1.00. The SMILES string of the molecule is COCCN(CC(C)C)C(C)CC1CCCCN1. The highest BCUT2D eigenvalue weighted by molar-refractivity contribution is 4.79. The summed E-state index contributed by atoms with van der Waals surface area (Å²) in [6.45, 7) is 11.2. The number of nitrogens with one attached hydrogen (secondary N) is 1. The molecule has 0 radical (unpaired) electrons. The van der Waals surface area contributed by atoms with Gasteiger partial charge in [0.2, 0.25) is 0 Å². The molecule has 2 unspecified atom stereocenters. The molecule has 0 aromatic heterocycles. The van der Waals surface area contributed by atoms with E-state index in [-0.39, 0.29) is 0 Å². The van der Waals surface area contributed by atoms with Gasteiger partial charge in [0.1, 0.15) is 0 Å². The van der Waals surface area contributed by atoms with E-state index in [4.69, 9.17) is 4.74 Å². The van der Waals surface area contributed by atoms with Crippen molar-refractivity contribution in [1.82, 2.24) is 10.2 Å². The number of nitrogens with zero attached hydrogens (tertiary/aromatic N) is 1. The highest BCUT2D eigenvalue weighted by Crippen LogP contribution is 2.16. The Labute approximate surface area is 113 Å². The van der Waals surface area contributed by atoms with Crippen LogP contribution in [0.4, 0.5) is 0 Å². The summed E-state index contributed by atoms with van der Waals surface area (Å²) in [6, 6.07) is 1.38. The molecular weight excluding hydrogens is 224 g/mol. The predicted octanol–water partition coefficient (Wildman–Crippen LogP) is 2.51. The third-order valence-corrected chi connectivity index (χ3v) is 3.84. The van der Waals surface area contributed by atoms with Gasteiger partial charge in [-0.2, -0.15) is 0 Å². The zero-order valence-corrected chi connectivity index (χ0v) is 12.7. The van der Waals surface area contributed by atoms with E-state index in [1.165, 1.54) is 38.8 Å². The molecule has 1 aliphatic rings. The van der Waals surface area contributed by atoms with E-state index in [0.29, 0.717) is 6.04 Å². The van der Waals surface area contributed by atoms with Gasteiger partial charge in [-0.1, -0.05) is 20.3 Å². The van der Waals surface area contributed by atoms with Crippen LogP contribution in [0.15, 0.2) is 0 Å². The van der Waals surface area contributed by atoms with Gasteiger partial charge in [0, 0.05) is 32.3 Å². The van der Waals surface area contributed by atoms with Gasteiger partial charge < -0.3 is 10.1 Å². The highest BCUT2D eigenvalue weighted by Gasteiger charge is 2.20. The average Bonchev–Trinajstić information content (AvgIpc) is 2.35. The number of ether oxygens (including phenoxy) is 1. The van der Waals surface area contributed by atoms with Crippen molar-refractivity contribution in [2.24, 2.45) is 5.92 Å². The summed E-state index contributed by atoms with van der Waals surface area (Å²) in [6.07, 6.45) is 5.37. The zero-order chi connectivity index (χ0) is 13.4. The van der Waals surface area contributed by atoms with E-state index in [1.54, 1.807) is 7.11 Å². The number of hydrogen-bond acceptors (Lipinski definition) is 3. The second-order valence-corrected chi connectivity index (χ2v) is 6.11. The molecule has 0 aliphatic carbocycles. The number of hydrogen-bond donors (Lipinski definition) is 1. The number of piperidine rings is 1. The van der Waals surface area contributed by atoms with Crippen LogP contribution in [0, 0.1) is 5.92 Å². The Morgan fingerprint density at radius 2 is 2.06 bits per heavy atom. The first-order valence-corrected chi connectivity index (χ1v) is 7.59. The van der Waals surface area contributed by atoms with Crippen molar-refractivity contribution in [3.05, 3.63) is 0 Å². The molecule has 2 atom stereocenters. The summed E-state index contributed by atoms with van der Waals surface area (Å²) in [5.74, 6) is 0.726. The topological polar surface area (TPSA) is 24.5 Å². The second kappa shape index (κ2) is 8.89. The Morgan fingerprint density at radius 3 is 2.61 bits per heavy atom. The molecular formula is C15H32N2O. The molecule has 3 nitrogen and oxygen atoms in total. The van der Waals surface area contributed by atoms with Crippen molar-refractivity contribution in [2.75, 3.05) is 33.4 Å². The molecule has 0 bridgehead atoms. The Hall–Kier alpha value is -0.120. The van der Waals surface area contributed by atoms with Gasteiger partial charge in [-0.3, -0.25) is 4.90 Å². The molecule has 0 spiro atoms. The molecule has 0 aromatic rings. The molecule has 1 N–H and O–H groups in total. The first-order chi connectivity index (χ1) is 8.63. The summed E-state index contributed by atoms with van der Waals surface area (Å²) >= 11 is 0. The van der Waals surface area contributed by atoms with Gasteiger partial charge in [0.15, 0.2) is 0 Å². The maximum atomic E-state index is 5.24. The Morgan fingerprint density at radius 1 is 1.28 bits per heavy atom. The van der Waals surface area contributed by atoms with E-state index in [1.807, 2.05) is 0 Å². The smallest absolute Gasteiger partial charge is 0.0589 e.